The molecule has 2 nitrogen and oxygen atoms in total. The quantitative estimate of drug-likeness (QED) is 0.847. The van der Waals surface area contributed by atoms with Crippen LogP contribution < -0.4 is 5.32 Å². The van der Waals surface area contributed by atoms with Crippen LogP contribution in [0.5, 0.6) is 0 Å². The van der Waals surface area contributed by atoms with E-state index >= 15 is 0 Å². The summed E-state index contributed by atoms with van der Waals surface area (Å²) < 4.78 is 5.24. The number of hydrogen-bond donors (Lipinski definition) is 1. The number of aryl methyl sites for hydroxylation is 1. The maximum absolute atomic E-state index is 5.24. The molecule has 0 spiro atoms. The minimum Gasteiger partial charge on any atom is -0.385 e. The molecule has 0 aromatic heterocycles. The van der Waals surface area contributed by atoms with E-state index in [0.29, 0.717) is 17.9 Å². The Morgan fingerprint density at radius 1 is 1.37 bits per heavy atom. The van der Waals surface area contributed by atoms with Gasteiger partial charge in [0.2, 0.25) is 0 Å². The van der Waals surface area contributed by atoms with Crippen molar-refractivity contribution >= 4 is 0 Å². The average Bonchev–Trinajstić information content (AvgIpc) is 2.46. The minimum atomic E-state index is 0.552. The van der Waals surface area contributed by atoms with Gasteiger partial charge in [-0.25, -0.2) is 0 Å². The van der Waals surface area contributed by atoms with Crippen LogP contribution in [0.25, 0.3) is 0 Å². The SMILES string of the molecule is CNC(C(C)CCOC)C1CCCc2ccccc21. The topological polar surface area (TPSA) is 21.3 Å². The maximum Gasteiger partial charge on any atom is 0.0465 e. The Morgan fingerprint density at radius 2 is 2.16 bits per heavy atom. The summed E-state index contributed by atoms with van der Waals surface area (Å²) in [6, 6.07) is 9.53. The Labute approximate surface area is 117 Å². The van der Waals surface area contributed by atoms with Gasteiger partial charge in [-0.15, -0.1) is 0 Å². The summed E-state index contributed by atoms with van der Waals surface area (Å²) in [4.78, 5) is 0. The molecule has 3 unspecified atom stereocenters. The third-order valence-electron chi connectivity index (χ3n) is 4.57. The second-order valence-corrected chi connectivity index (χ2v) is 5.77. The fraction of sp³-hybridized carbons (Fsp3) is 0.647. The van der Waals surface area contributed by atoms with E-state index in [0.717, 1.165) is 13.0 Å². The van der Waals surface area contributed by atoms with Gasteiger partial charge >= 0.3 is 0 Å². The van der Waals surface area contributed by atoms with Crippen LogP contribution in [0.2, 0.25) is 0 Å². The molecule has 2 heteroatoms. The zero-order chi connectivity index (χ0) is 13.7. The van der Waals surface area contributed by atoms with E-state index in [9.17, 15) is 0 Å². The molecule has 2 rings (SSSR count). The highest BCUT2D eigenvalue weighted by molar-refractivity contribution is 5.33. The second-order valence-electron chi connectivity index (χ2n) is 5.77. The molecule has 0 heterocycles. The van der Waals surface area contributed by atoms with Gasteiger partial charge in [0.1, 0.15) is 0 Å². The second kappa shape index (κ2) is 7.06. The first-order valence-electron chi connectivity index (χ1n) is 7.52. The number of fused-ring (bicyclic) bond motifs is 1. The molecule has 0 saturated carbocycles. The van der Waals surface area contributed by atoms with Crippen LogP contribution >= 0.6 is 0 Å². The highest BCUT2D eigenvalue weighted by Gasteiger charge is 2.29. The summed E-state index contributed by atoms with van der Waals surface area (Å²) in [6.07, 6.45) is 4.99. The molecule has 0 radical (unpaired) electrons. The van der Waals surface area contributed by atoms with Gasteiger partial charge in [-0.1, -0.05) is 31.2 Å². The standard InChI is InChI=1S/C17H27NO/c1-13(11-12-19-3)17(18-2)16-10-6-8-14-7-4-5-9-15(14)16/h4-5,7,9,13,16-18H,6,8,10-12H2,1-3H3. The van der Waals surface area contributed by atoms with E-state index in [2.05, 4.69) is 43.6 Å². The highest BCUT2D eigenvalue weighted by Crippen LogP contribution is 2.36. The molecule has 19 heavy (non-hydrogen) atoms. The Balaban J connectivity index is 2.15. The largest absolute Gasteiger partial charge is 0.385 e. The highest BCUT2D eigenvalue weighted by atomic mass is 16.5. The van der Waals surface area contributed by atoms with Gasteiger partial charge in [-0.3, -0.25) is 0 Å². The molecule has 0 saturated heterocycles. The first-order chi connectivity index (χ1) is 9.27. The predicted octanol–water partition coefficient (Wildman–Crippen LogP) is 3.37. The third-order valence-corrected chi connectivity index (χ3v) is 4.57. The number of rotatable bonds is 6. The zero-order valence-electron chi connectivity index (χ0n) is 12.5. The van der Waals surface area contributed by atoms with E-state index in [1.165, 1.54) is 19.3 Å². The summed E-state index contributed by atoms with van der Waals surface area (Å²) in [7, 11) is 3.89. The van der Waals surface area contributed by atoms with Crippen LogP contribution in [-0.4, -0.2) is 26.8 Å². The average molecular weight is 261 g/mol. The van der Waals surface area contributed by atoms with E-state index in [4.69, 9.17) is 4.74 Å². The summed E-state index contributed by atoms with van der Waals surface area (Å²) in [5.74, 6) is 1.29. The van der Waals surface area contributed by atoms with Gasteiger partial charge in [0, 0.05) is 19.8 Å². The van der Waals surface area contributed by atoms with Crippen molar-refractivity contribution < 1.29 is 4.74 Å². The van der Waals surface area contributed by atoms with Crippen LogP contribution in [0.15, 0.2) is 24.3 Å². The lowest BCUT2D eigenvalue weighted by atomic mass is 9.75. The Hall–Kier alpha value is -0.860. The summed E-state index contributed by atoms with van der Waals surface area (Å²) >= 11 is 0. The molecule has 1 N–H and O–H groups in total. The van der Waals surface area contributed by atoms with Crippen molar-refractivity contribution in [3.63, 3.8) is 0 Å². The molecule has 0 bridgehead atoms. The molecule has 0 fully saturated rings. The number of methoxy groups -OCH3 is 1. The van der Waals surface area contributed by atoms with Crippen molar-refractivity contribution in [1.82, 2.24) is 5.32 Å². The van der Waals surface area contributed by atoms with Crippen molar-refractivity contribution in [2.45, 2.75) is 44.6 Å². The fourth-order valence-electron chi connectivity index (χ4n) is 3.53. The van der Waals surface area contributed by atoms with Crippen molar-refractivity contribution in [1.29, 1.82) is 0 Å². The number of likely N-dealkylation sites (N-methyl/N-ethyl adjacent to an activating group) is 1. The lowest BCUT2D eigenvalue weighted by molar-refractivity contribution is 0.165. The molecule has 1 aliphatic rings. The van der Waals surface area contributed by atoms with Crippen molar-refractivity contribution in [2.75, 3.05) is 20.8 Å². The maximum atomic E-state index is 5.24. The molecular formula is C17H27NO. The summed E-state index contributed by atoms with van der Waals surface area (Å²) in [5.41, 5.74) is 3.12. The lowest BCUT2D eigenvalue weighted by Gasteiger charge is -2.36. The van der Waals surface area contributed by atoms with Crippen molar-refractivity contribution in [3.8, 4) is 0 Å². The lowest BCUT2D eigenvalue weighted by Crippen LogP contribution is -2.39. The molecule has 3 atom stereocenters. The van der Waals surface area contributed by atoms with Gasteiger partial charge in [0.25, 0.3) is 0 Å². The number of benzene rings is 1. The minimum absolute atomic E-state index is 0.552. The Bertz CT molecular complexity index is 391. The normalized spacial score (nSPS) is 21.7. The van der Waals surface area contributed by atoms with Gasteiger partial charge in [-0.2, -0.15) is 0 Å². The van der Waals surface area contributed by atoms with Crippen LogP contribution in [-0.2, 0) is 11.2 Å². The van der Waals surface area contributed by atoms with Crippen LogP contribution in [0, 0.1) is 5.92 Å². The predicted molar refractivity (Wildman–Crippen MR) is 80.6 cm³/mol. The molecule has 106 valence electrons. The fourth-order valence-corrected chi connectivity index (χ4v) is 3.53. The van der Waals surface area contributed by atoms with Gasteiger partial charge in [0.05, 0.1) is 0 Å². The smallest absolute Gasteiger partial charge is 0.0465 e. The van der Waals surface area contributed by atoms with Gasteiger partial charge < -0.3 is 10.1 Å². The van der Waals surface area contributed by atoms with E-state index in [-0.39, 0.29) is 0 Å². The Kier molecular flexibility index (Phi) is 5.41. The molecule has 1 aromatic carbocycles. The summed E-state index contributed by atoms with van der Waals surface area (Å²) in [5, 5.41) is 3.57. The monoisotopic (exact) mass is 261 g/mol. The van der Waals surface area contributed by atoms with E-state index < -0.39 is 0 Å². The zero-order valence-corrected chi connectivity index (χ0v) is 12.5. The molecule has 0 amide bonds. The Morgan fingerprint density at radius 3 is 2.89 bits per heavy atom. The molecular weight excluding hydrogens is 234 g/mol. The summed E-state index contributed by atoms with van der Waals surface area (Å²) in [6.45, 7) is 3.20. The van der Waals surface area contributed by atoms with E-state index in [1.807, 2.05) is 0 Å². The number of ether oxygens (including phenoxy) is 1. The molecule has 0 aliphatic heterocycles. The van der Waals surface area contributed by atoms with Gasteiger partial charge in [-0.05, 0) is 55.7 Å². The first kappa shape index (κ1) is 14.5. The van der Waals surface area contributed by atoms with Crippen LogP contribution in [0.4, 0.5) is 0 Å². The van der Waals surface area contributed by atoms with E-state index in [1.54, 1.807) is 18.2 Å². The third kappa shape index (κ3) is 3.37. The first-order valence-corrected chi connectivity index (χ1v) is 7.52. The van der Waals surface area contributed by atoms with Crippen LogP contribution in [0.3, 0.4) is 0 Å². The molecule has 1 aromatic rings. The van der Waals surface area contributed by atoms with Crippen molar-refractivity contribution in [2.24, 2.45) is 5.92 Å². The molecule has 1 aliphatic carbocycles. The van der Waals surface area contributed by atoms with Crippen LogP contribution in [0.1, 0.15) is 43.2 Å². The number of hydrogen-bond acceptors (Lipinski definition) is 2. The van der Waals surface area contributed by atoms with Gasteiger partial charge in [0.15, 0.2) is 0 Å². The van der Waals surface area contributed by atoms with Crippen molar-refractivity contribution in [3.05, 3.63) is 35.4 Å². The number of nitrogens with one attached hydrogen (secondary N) is 1.